The lowest BCUT2D eigenvalue weighted by Crippen LogP contribution is -2.17. The third kappa shape index (κ3) is 3.30. The van der Waals surface area contributed by atoms with Crippen LogP contribution in [0.2, 0.25) is 0 Å². The average Bonchev–Trinajstić information content (AvgIpc) is 3.27. The third-order valence-electron chi connectivity index (χ3n) is 5.42. The Morgan fingerprint density at radius 2 is 1.77 bits per heavy atom. The van der Waals surface area contributed by atoms with Crippen molar-refractivity contribution < 1.29 is 28.2 Å². The predicted octanol–water partition coefficient (Wildman–Crippen LogP) is 4.02. The molecule has 0 saturated heterocycles. The number of aryl methyl sites for hydroxylation is 1. The summed E-state index contributed by atoms with van der Waals surface area (Å²) < 4.78 is 29.7. The molecule has 1 aliphatic rings. The lowest BCUT2D eigenvalue weighted by Gasteiger charge is -2.15. The van der Waals surface area contributed by atoms with Gasteiger partial charge in [-0.1, -0.05) is 0 Å². The maximum Gasteiger partial charge on any atom is 0.340 e. The molecular weight excluding hydrogens is 403 g/mol. The molecule has 2 N–H and O–H groups in total. The van der Waals surface area contributed by atoms with Crippen LogP contribution < -0.4 is 14.8 Å². The van der Waals surface area contributed by atoms with Crippen molar-refractivity contribution in [2.45, 2.75) is 12.8 Å². The number of aromatic amines is 1. The molecule has 31 heavy (non-hydrogen) atoms. The molecule has 2 aromatic carbocycles. The first-order valence-electron chi connectivity index (χ1n) is 9.53. The van der Waals surface area contributed by atoms with Crippen LogP contribution in [0.3, 0.4) is 0 Å². The van der Waals surface area contributed by atoms with E-state index in [1.807, 2.05) is 0 Å². The molecule has 8 heteroatoms. The molecule has 0 bridgehead atoms. The number of esters is 1. The third-order valence-corrected chi connectivity index (χ3v) is 5.42. The van der Waals surface area contributed by atoms with E-state index in [0.717, 1.165) is 0 Å². The van der Waals surface area contributed by atoms with Crippen LogP contribution in [0.5, 0.6) is 11.5 Å². The Morgan fingerprint density at radius 3 is 2.45 bits per heavy atom. The van der Waals surface area contributed by atoms with Crippen molar-refractivity contribution >= 4 is 17.6 Å². The highest BCUT2D eigenvalue weighted by Gasteiger charge is 2.39. The Balaban J connectivity index is 1.99. The molecule has 7 nitrogen and oxygen atoms in total. The smallest absolute Gasteiger partial charge is 0.340 e. The number of methoxy groups -OCH3 is 3. The van der Waals surface area contributed by atoms with E-state index in [1.165, 1.54) is 39.5 Å². The molecule has 0 saturated carbocycles. The molecule has 4 rings (SSSR count). The minimum absolute atomic E-state index is 0.240. The van der Waals surface area contributed by atoms with E-state index in [4.69, 9.17) is 14.2 Å². The second-order valence-electron chi connectivity index (χ2n) is 7.13. The first-order valence-corrected chi connectivity index (χ1v) is 9.53. The Bertz CT molecular complexity index is 1200. The van der Waals surface area contributed by atoms with Crippen LogP contribution in [-0.4, -0.2) is 38.2 Å². The molecule has 0 unspecified atom stereocenters. The highest BCUT2D eigenvalue weighted by Crippen LogP contribution is 2.45. The quantitative estimate of drug-likeness (QED) is 0.604. The minimum Gasteiger partial charge on any atom is -0.493 e. The van der Waals surface area contributed by atoms with Gasteiger partial charge in [0.15, 0.2) is 11.5 Å². The van der Waals surface area contributed by atoms with E-state index in [9.17, 15) is 14.0 Å². The van der Waals surface area contributed by atoms with Crippen LogP contribution in [0, 0.1) is 12.7 Å². The molecule has 1 aromatic heterocycles. The summed E-state index contributed by atoms with van der Waals surface area (Å²) in [5.41, 5.74) is 3.35. The van der Waals surface area contributed by atoms with E-state index < -0.39 is 17.7 Å². The number of amides is 1. The zero-order valence-corrected chi connectivity index (χ0v) is 17.5. The SMILES string of the molecule is COC(=O)c1c(C)[nH]c(-c2ccc(OC)c(OC)c2)c1[C@H]1C(=O)Nc2ccc(F)cc21. The summed E-state index contributed by atoms with van der Waals surface area (Å²) in [7, 11) is 4.33. The van der Waals surface area contributed by atoms with Gasteiger partial charge in [0.2, 0.25) is 5.91 Å². The first kappa shape index (κ1) is 20.5. The van der Waals surface area contributed by atoms with Gasteiger partial charge in [0, 0.05) is 22.5 Å². The second-order valence-corrected chi connectivity index (χ2v) is 7.13. The largest absolute Gasteiger partial charge is 0.493 e. The topological polar surface area (TPSA) is 89.7 Å². The highest BCUT2D eigenvalue weighted by molar-refractivity contribution is 6.08. The maximum absolute atomic E-state index is 14.0. The zero-order chi connectivity index (χ0) is 22.3. The van der Waals surface area contributed by atoms with Crippen LogP contribution in [-0.2, 0) is 9.53 Å². The van der Waals surface area contributed by atoms with Crippen molar-refractivity contribution in [3.05, 3.63) is 64.6 Å². The van der Waals surface area contributed by atoms with E-state index in [1.54, 1.807) is 25.1 Å². The molecule has 3 aromatic rings. The number of carbonyl (C=O) groups is 2. The number of fused-ring (bicyclic) bond motifs is 1. The molecule has 2 heterocycles. The van der Waals surface area contributed by atoms with Crippen molar-refractivity contribution in [1.82, 2.24) is 4.98 Å². The van der Waals surface area contributed by atoms with Gasteiger partial charge in [0.25, 0.3) is 0 Å². The Morgan fingerprint density at radius 1 is 1.03 bits per heavy atom. The lowest BCUT2D eigenvalue weighted by atomic mass is 9.87. The summed E-state index contributed by atoms with van der Waals surface area (Å²) in [4.78, 5) is 28.9. The van der Waals surface area contributed by atoms with Crippen molar-refractivity contribution in [2.24, 2.45) is 0 Å². The number of halogens is 1. The molecule has 1 aliphatic heterocycles. The Hall–Kier alpha value is -3.81. The van der Waals surface area contributed by atoms with E-state index in [-0.39, 0.29) is 11.5 Å². The highest BCUT2D eigenvalue weighted by atomic mass is 19.1. The summed E-state index contributed by atoms with van der Waals surface area (Å²) in [6.45, 7) is 1.72. The second kappa shape index (κ2) is 7.79. The summed E-state index contributed by atoms with van der Waals surface area (Å²) >= 11 is 0. The molecule has 1 amide bonds. The summed E-state index contributed by atoms with van der Waals surface area (Å²) in [5.74, 6) is -1.29. The van der Waals surface area contributed by atoms with Crippen molar-refractivity contribution in [2.75, 3.05) is 26.6 Å². The van der Waals surface area contributed by atoms with Crippen molar-refractivity contribution in [3.8, 4) is 22.8 Å². The van der Waals surface area contributed by atoms with Gasteiger partial charge in [-0.05, 0) is 48.9 Å². The fourth-order valence-electron chi connectivity index (χ4n) is 4.04. The van der Waals surface area contributed by atoms with Gasteiger partial charge in [0.05, 0.1) is 38.5 Å². The molecule has 0 spiro atoms. The van der Waals surface area contributed by atoms with Gasteiger partial charge in [-0.3, -0.25) is 4.79 Å². The normalized spacial score (nSPS) is 14.7. The van der Waals surface area contributed by atoms with Crippen LogP contribution in [0.25, 0.3) is 11.3 Å². The van der Waals surface area contributed by atoms with Gasteiger partial charge in [-0.25, -0.2) is 9.18 Å². The number of aromatic nitrogens is 1. The van der Waals surface area contributed by atoms with Gasteiger partial charge in [0.1, 0.15) is 5.82 Å². The number of carbonyl (C=O) groups excluding carboxylic acids is 2. The number of anilines is 1. The molecule has 0 fully saturated rings. The number of ether oxygens (including phenoxy) is 3. The fraction of sp³-hybridized carbons (Fsp3) is 0.217. The number of H-pyrrole nitrogens is 1. The monoisotopic (exact) mass is 424 g/mol. The molecular formula is C23H21FN2O5. The van der Waals surface area contributed by atoms with Crippen LogP contribution in [0.1, 0.15) is 33.1 Å². The maximum atomic E-state index is 14.0. The standard InChI is InChI=1S/C23H21FN2O5/c1-11-18(23(28)31-4)20(19-14-10-13(24)6-7-15(14)26-22(19)27)21(25-11)12-5-8-16(29-2)17(9-12)30-3/h5-10,19,25H,1-4H3,(H,26,27)/t19-/m0/s1. The van der Waals surface area contributed by atoms with Crippen molar-refractivity contribution in [1.29, 1.82) is 0 Å². The molecule has 1 atom stereocenters. The zero-order valence-electron chi connectivity index (χ0n) is 17.5. The molecule has 0 aliphatic carbocycles. The van der Waals surface area contributed by atoms with E-state index in [2.05, 4.69) is 10.3 Å². The van der Waals surface area contributed by atoms with Gasteiger partial charge in [-0.2, -0.15) is 0 Å². The van der Waals surface area contributed by atoms with E-state index >= 15 is 0 Å². The predicted molar refractivity (Wildman–Crippen MR) is 112 cm³/mol. The number of rotatable bonds is 5. The lowest BCUT2D eigenvalue weighted by molar-refractivity contribution is -0.116. The van der Waals surface area contributed by atoms with Gasteiger partial charge >= 0.3 is 5.97 Å². The fourth-order valence-corrected chi connectivity index (χ4v) is 4.04. The molecule has 0 radical (unpaired) electrons. The van der Waals surface area contributed by atoms with E-state index in [0.29, 0.717) is 45.3 Å². The summed E-state index contributed by atoms with van der Waals surface area (Å²) in [5, 5.41) is 2.77. The van der Waals surface area contributed by atoms with Gasteiger partial charge < -0.3 is 24.5 Å². The Labute approximate surface area is 178 Å². The first-order chi connectivity index (χ1) is 14.9. The summed E-state index contributed by atoms with van der Waals surface area (Å²) in [6, 6.07) is 9.36. The number of nitrogens with one attached hydrogen (secondary N) is 2. The molecule has 160 valence electrons. The minimum atomic E-state index is -0.896. The summed E-state index contributed by atoms with van der Waals surface area (Å²) in [6.07, 6.45) is 0. The van der Waals surface area contributed by atoms with Crippen LogP contribution in [0.15, 0.2) is 36.4 Å². The van der Waals surface area contributed by atoms with Crippen molar-refractivity contribution in [3.63, 3.8) is 0 Å². The van der Waals surface area contributed by atoms with Gasteiger partial charge in [-0.15, -0.1) is 0 Å². The number of hydrogen-bond acceptors (Lipinski definition) is 5. The number of benzene rings is 2. The van der Waals surface area contributed by atoms with Crippen LogP contribution >= 0.6 is 0 Å². The number of hydrogen-bond donors (Lipinski definition) is 2. The van der Waals surface area contributed by atoms with Crippen LogP contribution in [0.4, 0.5) is 10.1 Å². The average molecular weight is 424 g/mol. The Kier molecular flexibility index (Phi) is 5.14.